The lowest BCUT2D eigenvalue weighted by Crippen LogP contribution is -2.37. The molecule has 1 aliphatic rings. The van der Waals surface area contributed by atoms with E-state index in [0.717, 1.165) is 28.0 Å². The van der Waals surface area contributed by atoms with Gasteiger partial charge in [-0.05, 0) is 37.1 Å². The molecule has 5 nitrogen and oxygen atoms in total. The predicted molar refractivity (Wildman–Crippen MR) is 93.7 cm³/mol. The quantitative estimate of drug-likeness (QED) is 0.570. The van der Waals surface area contributed by atoms with Crippen molar-refractivity contribution in [1.82, 2.24) is 15.6 Å². The van der Waals surface area contributed by atoms with Gasteiger partial charge in [0.15, 0.2) is 16.7 Å². The van der Waals surface area contributed by atoms with Crippen LogP contribution in [0.25, 0.3) is 21.0 Å². The first-order valence-corrected chi connectivity index (χ1v) is 8.55. The summed E-state index contributed by atoms with van der Waals surface area (Å²) in [6, 6.07) is 12.7. The number of furan rings is 1. The number of rotatable bonds is 4. The van der Waals surface area contributed by atoms with E-state index in [1.165, 1.54) is 17.5 Å². The smallest absolute Gasteiger partial charge is 0.191 e. The molecule has 2 aromatic heterocycles. The highest BCUT2D eigenvalue weighted by Gasteiger charge is 2.22. The third-order valence-electron chi connectivity index (χ3n) is 3.74. The minimum atomic E-state index is 0.580. The van der Waals surface area contributed by atoms with Crippen LogP contribution in [0.4, 0.5) is 0 Å². The van der Waals surface area contributed by atoms with Crippen LogP contribution < -0.4 is 10.6 Å². The second-order valence-electron chi connectivity index (χ2n) is 5.60. The van der Waals surface area contributed by atoms with E-state index in [1.54, 1.807) is 18.4 Å². The molecule has 0 bridgehead atoms. The van der Waals surface area contributed by atoms with Crippen LogP contribution in [0.5, 0.6) is 0 Å². The summed E-state index contributed by atoms with van der Waals surface area (Å²) in [5.41, 5.74) is 1.01. The zero-order valence-electron chi connectivity index (χ0n) is 12.9. The van der Waals surface area contributed by atoms with E-state index in [1.807, 2.05) is 30.3 Å². The largest absolute Gasteiger partial charge is 0.457 e. The van der Waals surface area contributed by atoms with Gasteiger partial charge in [0.1, 0.15) is 5.76 Å². The summed E-state index contributed by atoms with van der Waals surface area (Å²) in [5, 5.41) is 7.55. The number of benzene rings is 1. The molecule has 1 aromatic carbocycles. The molecule has 0 atom stereocenters. The van der Waals surface area contributed by atoms with E-state index in [2.05, 4.69) is 26.7 Å². The molecule has 1 saturated carbocycles. The van der Waals surface area contributed by atoms with Crippen molar-refractivity contribution in [3.05, 3.63) is 42.2 Å². The Balaban J connectivity index is 1.45. The van der Waals surface area contributed by atoms with Gasteiger partial charge in [0.05, 0.1) is 16.8 Å². The third-order valence-corrected chi connectivity index (χ3v) is 4.79. The van der Waals surface area contributed by atoms with E-state index >= 15 is 0 Å². The van der Waals surface area contributed by atoms with Crippen molar-refractivity contribution in [2.75, 3.05) is 7.05 Å². The van der Waals surface area contributed by atoms with Crippen molar-refractivity contribution in [3.63, 3.8) is 0 Å². The second-order valence-corrected chi connectivity index (χ2v) is 6.63. The molecule has 0 radical (unpaired) electrons. The fourth-order valence-corrected chi connectivity index (χ4v) is 3.28. The first-order chi connectivity index (χ1) is 11.3. The number of nitrogens with zero attached hydrogens (tertiary/aromatic N) is 2. The first kappa shape index (κ1) is 14.3. The van der Waals surface area contributed by atoms with Crippen LogP contribution in [0.15, 0.2) is 45.8 Å². The number of hydrogen-bond acceptors (Lipinski definition) is 4. The monoisotopic (exact) mass is 326 g/mol. The Bertz CT molecular complexity index is 814. The fourth-order valence-electron chi connectivity index (χ4n) is 2.35. The summed E-state index contributed by atoms with van der Waals surface area (Å²) in [6.45, 7) is 0.608. The van der Waals surface area contributed by atoms with E-state index in [-0.39, 0.29) is 0 Å². The van der Waals surface area contributed by atoms with E-state index in [9.17, 15) is 0 Å². The summed E-state index contributed by atoms with van der Waals surface area (Å²) in [5.74, 6) is 2.51. The van der Waals surface area contributed by atoms with Gasteiger partial charge in [-0.2, -0.15) is 0 Å². The van der Waals surface area contributed by atoms with Crippen molar-refractivity contribution < 1.29 is 4.42 Å². The van der Waals surface area contributed by atoms with Gasteiger partial charge in [0, 0.05) is 13.1 Å². The third kappa shape index (κ3) is 3.22. The van der Waals surface area contributed by atoms with Gasteiger partial charge < -0.3 is 15.1 Å². The summed E-state index contributed by atoms with van der Waals surface area (Å²) < 4.78 is 7.09. The maximum atomic E-state index is 5.92. The molecule has 0 amide bonds. The van der Waals surface area contributed by atoms with Gasteiger partial charge in [0.2, 0.25) is 0 Å². The molecule has 2 heterocycles. The number of fused-ring (bicyclic) bond motifs is 1. The van der Waals surface area contributed by atoms with E-state index in [4.69, 9.17) is 4.42 Å². The van der Waals surface area contributed by atoms with Crippen molar-refractivity contribution in [2.24, 2.45) is 4.99 Å². The standard InChI is InChI=1S/C17H18N4OS/c1-18-17(20-11-6-7-11)19-10-12-8-9-14(22-12)16-21-13-4-2-3-5-15(13)23-16/h2-5,8-9,11H,6-7,10H2,1H3,(H2,18,19,20). The van der Waals surface area contributed by atoms with Crippen LogP contribution in [0, 0.1) is 0 Å². The molecule has 23 heavy (non-hydrogen) atoms. The summed E-state index contributed by atoms with van der Waals surface area (Å²) in [6.07, 6.45) is 2.45. The number of thiazole rings is 1. The van der Waals surface area contributed by atoms with Gasteiger partial charge in [-0.1, -0.05) is 12.1 Å². The van der Waals surface area contributed by atoms with Crippen LogP contribution in [0.2, 0.25) is 0 Å². The minimum absolute atomic E-state index is 0.580. The molecule has 1 fully saturated rings. The van der Waals surface area contributed by atoms with Crippen molar-refractivity contribution >= 4 is 27.5 Å². The number of guanidine groups is 1. The zero-order valence-corrected chi connectivity index (χ0v) is 13.7. The highest BCUT2D eigenvalue weighted by molar-refractivity contribution is 7.21. The normalized spacial score (nSPS) is 15.1. The maximum absolute atomic E-state index is 5.92. The number of hydrogen-bond donors (Lipinski definition) is 2. The number of aliphatic imine (C=N–C) groups is 1. The van der Waals surface area contributed by atoms with Gasteiger partial charge >= 0.3 is 0 Å². The van der Waals surface area contributed by atoms with Crippen LogP contribution in [0.1, 0.15) is 18.6 Å². The number of para-hydroxylation sites is 1. The molecule has 0 unspecified atom stereocenters. The average molecular weight is 326 g/mol. The fraction of sp³-hybridized carbons (Fsp3) is 0.294. The van der Waals surface area contributed by atoms with Crippen molar-refractivity contribution in [1.29, 1.82) is 0 Å². The molecule has 118 valence electrons. The van der Waals surface area contributed by atoms with Gasteiger partial charge in [0.25, 0.3) is 0 Å². The summed E-state index contributed by atoms with van der Waals surface area (Å²) in [4.78, 5) is 8.84. The highest BCUT2D eigenvalue weighted by atomic mass is 32.1. The van der Waals surface area contributed by atoms with Crippen LogP contribution in [-0.4, -0.2) is 24.0 Å². The van der Waals surface area contributed by atoms with Crippen LogP contribution in [-0.2, 0) is 6.54 Å². The Hall–Kier alpha value is -2.34. The highest BCUT2D eigenvalue weighted by Crippen LogP contribution is 2.31. The minimum Gasteiger partial charge on any atom is -0.457 e. The molecule has 2 N–H and O–H groups in total. The maximum Gasteiger partial charge on any atom is 0.191 e. The lowest BCUT2D eigenvalue weighted by molar-refractivity contribution is 0.513. The van der Waals surface area contributed by atoms with E-state index in [0.29, 0.717) is 12.6 Å². The topological polar surface area (TPSA) is 62.5 Å². The van der Waals surface area contributed by atoms with Gasteiger partial charge in [-0.25, -0.2) is 4.98 Å². The Morgan fingerprint density at radius 1 is 1.30 bits per heavy atom. The van der Waals surface area contributed by atoms with Gasteiger partial charge in [-0.15, -0.1) is 11.3 Å². The SMILES string of the molecule is CN=C(NCc1ccc(-c2nc3ccccc3s2)o1)NC1CC1. The number of nitrogens with one attached hydrogen (secondary N) is 2. The lowest BCUT2D eigenvalue weighted by Gasteiger charge is -2.09. The molecule has 0 aliphatic heterocycles. The Kier molecular flexibility index (Phi) is 3.75. The molecule has 4 rings (SSSR count). The zero-order chi connectivity index (χ0) is 15.6. The summed E-state index contributed by atoms with van der Waals surface area (Å²) in [7, 11) is 1.78. The first-order valence-electron chi connectivity index (χ1n) is 7.73. The second kappa shape index (κ2) is 6.04. The van der Waals surface area contributed by atoms with Gasteiger partial charge in [-0.3, -0.25) is 4.99 Å². The number of aromatic nitrogens is 1. The lowest BCUT2D eigenvalue weighted by atomic mass is 10.3. The Morgan fingerprint density at radius 3 is 2.96 bits per heavy atom. The van der Waals surface area contributed by atoms with E-state index < -0.39 is 0 Å². The average Bonchev–Trinajstić information content (AvgIpc) is 3.11. The molecule has 1 aliphatic carbocycles. The molecular formula is C17H18N4OS. The van der Waals surface area contributed by atoms with Crippen LogP contribution in [0.3, 0.4) is 0 Å². The van der Waals surface area contributed by atoms with Crippen LogP contribution >= 0.6 is 11.3 Å². The van der Waals surface area contributed by atoms with Crippen molar-refractivity contribution in [3.8, 4) is 10.8 Å². The summed E-state index contributed by atoms with van der Waals surface area (Å²) >= 11 is 1.65. The predicted octanol–water partition coefficient (Wildman–Crippen LogP) is 3.38. The molecule has 3 aromatic rings. The molecular weight excluding hydrogens is 308 g/mol. The van der Waals surface area contributed by atoms with Crippen molar-refractivity contribution in [2.45, 2.75) is 25.4 Å². The molecule has 0 saturated heterocycles. The molecule has 0 spiro atoms. The Morgan fingerprint density at radius 2 is 2.17 bits per heavy atom. The Labute approximate surface area is 138 Å². The molecule has 6 heteroatoms.